The maximum absolute atomic E-state index is 13.7. The summed E-state index contributed by atoms with van der Waals surface area (Å²) in [5, 5.41) is 14.8. The minimum atomic E-state index is -0.780. The molecular formula is C29H29N3O5. The van der Waals surface area contributed by atoms with Gasteiger partial charge < -0.3 is 9.73 Å². The van der Waals surface area contributed by atoms with Crippen molar-refractivity contribution in [1.29, 1.82) is 0 Å². The van der Waals surface area contributed by atoms with E-state index in [1.54, 1.807) is 29.2 Å². The first-order valence-electron chi connectivity index (χ1n) is 12.4. The van der Waals surface area contributed by atoms with Crippen LogP contribution in [0.3, 0.4) is 0 Å². The number of allylic oxidation sites excluding steroid dienone is 1. The SMILES string of the molecule is CC(C)C(=O)N1c2ccccc2NC2=C(C(=O)CC(C)(C)C2)[C@@H]1c1ccc(-c2cccc([N+](=O)[O-])c2)o1. The number of rotatable bonds is 4. The van der Waals surface area contributed by atoms with Crippen LogP contribution in [0.1, 0.15) is 52.3 Å². The highest BCUT2D eigenvalue weighted by Crippen LogP contribution is 2.49. The highest BCUT2D eigenvalue weighted by atomic mass is 16.6. The van der Waals surface area contributed by atoms with Crippen LogP contribution >= 0.6 is 0 Å². The van der Waals surface area contributed by atoms with Crippen molar-refractivity contribution in [3.63, 3.8) is 0 Å². The summed E-state index contributed by atoms with van der Waals surface area (Å²) in [5.41, 5.74) is 2.98. The van der Waals surface area contributed by atoms with Gasteiger partial charge >= 0.3 is 0 Å². The summed E-state index contributed by atoms with van der Waals surface area (Å²) < 4.78 is 6.29. The number of amides is 1. The third-order valence-corrected chi connectivity index (χ3v) is 6.87. The number of furan rings is 1. The van der Waals surface area contributed by atoms with E-state index < -0.39 is 11.0 Å². The maximum atomic E-state index is 13.7. The molecular weight excluding hydrogens is 470 g/mol. The summed E-state index contributed by atoms with van der Waals surface area (Å²) in [5.74, 6) is 0.339. The number of hydrogen-bond acceptors (Lipinski definition) is 6. The van der Waals surface area contributed by atoms with E-state index in [1.807, 2.05) is 38.1 Å². The lowest BCUT2D eigenvalue weighted by Gasteiger charge is -2.36. The number of hydrogen-bond donors (Lipinski definition) is 1. The second-order valence-corrected chi connectivity index (χ2v) is 10.8. The number of fused-ring (bicyclic) bond motifs is 1. The predicted molar refractivity (Wildman–Crippen MR) is 141 cm³/mol. The van der Waals surface area contributed by atoms with Gasteiger partial charge in [-0.05, 0) is 36.1 Å². The molecule has 1 aliphatic carbocycles. The highest BCUT2D eigenvalue weighted by Gasteiger charge is 2.44. The van der Waals surface area contributed by atoms with E-state index >= 15 is 0 Å². The van der Waals surface area contributed by atoms with Crippen molar-refractivity contribution in [3.05, 3.63) is 87.8 Å². The van der Waals surface area contributed by atoms with Crippen molar-refractivity contribution in [2.45, 2.75) is 46.6 Å². The number of carbonyl (C=O) groups excluding carboxylic acids is 2. The van der Waals surface area contributed by atoms with Crippen LogP contribution in [0.25, 0.3) is 11.3 Å². The van der Waals surface area contributed by atoms with Crippen LogP contribution in [-0.2, 0) is 9.59 Å². The number of non-ortho nitro benzene ring substituents is 1. The molecule has 0 saturated heterocycles. The van der Waals surface area contributed by atoms with E-state index in [-0.39, 0.29) is 28.7 Å². The minimum Gasteiger partial charge on any atom is -0.458 e. The van der Waals surface area contributed by atoms with Crippen LogP contribution in [0.2, 0.25) is 0 Å². The first-order chi connectivity index (χ1) is 17.6. The summed E-state index contributed by atoms with van der Waals surface area (Å²) >= 11 is 0. The molecule has 0 fully saturated rings. The lowest BCUT2D eigenvalue weighted by atomic mass is 9.74. The summed E-state index contributed by atoms with van der Waals surface area (Å²) in [7, 11) is 0. The molecule has 1 atom stereocenters. The van der Waals surface area contributed by atoms with Crippen LogP contribution in [0.15, 0.2) is 76.4 Å². The molecule has 8 heteroatoms. The van der Waals surface area contributed by atoms with E-state index in [0.29, 0.717) is 41.2 Å². The topological polar surface area (TPSA) is 106 Å². The smallest absolute Gasteiger partial charge is 0.270 e. The molecule has 3 aromatic rings. The summed E-state index contributed by atoms with van der Waals surface area (Å²) in [6.07, 6.45) is 0.990. The fourth-order valence-electron chi connectivity index (χ4n) is 5.20. The van der Waals surface area contributed by atoms with Crippen LogP contribution < -0.4 is 10.2 Å². The molecule has 0 spiro atoms. The second kappa shape index (κ2) is 9.03. The van der Waals surface area contributed by atoms with Gasteiger partial charge in [0, 0.05) is 41.3 Å². The Morgan fingerprint density at radius 2 is 1.86 bits per heavy atom. The van der Waals surface area contributed by atoms with Crippen molar-refractivity contribution in [2.75, 3.05) is 10.2 Å². The Morgan fingerprint density at radius 1 is 1.11 bits per heavy atom. The van der Waals surface area contributed by atoms with Gasteiger partial charge in [0.15, 0.2) is 5.78 Å². The van der Waals surface area contributed by atoms with Crippen molar-refractivity contribution >= 4 is 28.8 Å². The number of nitrogens with zero attached hydrogens (tertiary/aromatic N) is 2. The molecule has 1 aliphatic heterocycles. The van der Waals surface area contributed by atoms with Crippen molar-refractivity contribution in [1.82, 2.24) is 0 Å². The van der Waals surface area contributed by atoms with E-state index in [2.05, 4.69) is 19.2 Å². The molecule has 2 heterocycles. The van der Waals surface area contributed by atoms with E-state index in [9.17, 15) is 19.7 Å². The molecule has 0 radical (unpaired) electrons. The molecule has 2 aliphatic rings. The average molecular weight is 500 g/mol. The van der Waals surface area contributed by atoms with Gasteiger partial charge in [-0.1, -0.05) is 52.0 Å². The largest absolute Gasteiger partial charge is 0.458 e. The van der Waals surface area contributed by atoms with Crippen LogP contribution in [-0.4, -0.2) is 16.6 Å². The Morgan fingerprint density at radius 3 is 2.59 bits per heavy atom. The molecule has 190 valence electrons. The van der Waals surface area contributed by atoms with E-state index in [4.69, 9.17) is 4.42 Å². The first-order valence-corrected chi connectivity index (χ1v) is 12.4. The summed E-state index contributed by atoms with van der Waals surface area (Å²) in [6.45, 7) is 7.79. The Labute approximate surface area is 215 Å². The number of ketones is 1. The van der Waals surface area contributed by atoms with Crippen LogP contribution in [0, 0.1) is 21.4 Å². The predicted octanol–water partition coefficient (Wildman–Crippen LogP) is 6.65. The van der Waals surface area contributed by atoms with Gasteiger partial charge in [0.25, 0.3) is 5.69 Å². The molecule has 0 saturated carbocycles. The molecule has 0 bridgehead atoms. The zero-order valence-corrected chi connectivity index (χ0v) is 21.3. The quantitative estimate of drug-likeness (QED) is 0.318. The van der Waals surface area contributed by atoms with Crippen molar-refractivity contribution < 1.29 is 18.9 Å². The van der Waals surface area contributed by atoms with Gasteiger partial charge in [0.05, 0.1) is 16.3 Å². The number of nitro benzene ring substituents is 1. The zero-order chi connectivity index (χ0) is 26.5. The molecule has 5 rings (SSSR count). The minimum absolute atomic E-state index is 0.0357. The molecule has 2 aromatic carbocycles. The van der Waals surface area contributed by atoms with Gasteiger partial charge in [-0.25, -0.2) is 0 Å². The molecule has 1 amide bonds. The fraction of sp³-hybridized carbons (Fsp3) is 0.310. The average Bonchev–Trinajstić information content (AvgIpc) is 3.27. The standard InChI is InChI=1S/C29H29N3O5/c1-17(2)28(34)31-22-11-6-5-10-20(22)30-21-15-29(3,4)16-23(33)26(21)27(31)25-13-12-24(37-25)18-8-7-9-19(14-18)32(35)36/h5-14,17,27,30H,15-16H2,1-4H3/t27-/m0/s1. The highest BCUT2D eigenvalue weighted by molar-refractivity contribution is 6.06. The Kier molecular flexibility index (Phi) is 5.98. The second-order valence-electron chi connectivity index (χ2n) is 10.8. The molecule has 1 aromatic heterocycles. The van der Waals surface area contributed by atoms with Crippen LogP contribution in [0.5, 0.6) is 0 Å². The van der Waals surface area contributed by atoms with Crippen molar-refractivity contribution in [3.8, 4) is 11.3 Å². The molecule has 37 heavy (non-hydrogen) atoms. The number of anilines is 2. The number of Topliss-reactive ketones (excluding diaryl/α,β-unsaturated/α-hetero) is 1. The van der Waals surface area contributed by atoms with E-state index in [0.717, 1.165) is 11.4 Å². The van der Waals surface area contributed by atoms with Crippen molar-refractivity contribution in [2.24, 2.45) is 11.3 Å². The maximum Gasteiger partial charge on any atom is 0.270 e. The molecule has 0 unspecified atom stereocenters. The lowest BCUT2D eigenvalue weighted by molar-refractivity contribution is -0.384. The van der Waals surface area contributed by atoms with Crippen LogP contribution in [0.4, 0.5) is 17.1 Å². The number of nitrogens with one attached hydrogen (secondary N) is 1. The third kappa shape index (κ3) is 4.43. The number of carbonyl (C=O) groups is 2. The molecule has 8 nitrogen and oxygen atoms in total. The van der Waals surface area contributed by atoms with Gasteiger partial charge in [-0.3, -0.25) is 24.6 Å². The Bertz CT molecular complexity index is 1450. The van der Waals surface area contributed by atoms with Gasteiger partial charge in [0.1, 0.15) is 17.6 Å². The monoisotopic (exact) mass is 499 g/mol. The Hall–Kier alpha value is -4.20. The van der Waals surface area contributed by atoms with E-state index in [1.165, 1.54) is 12.1 Å². The number of para-hydroxylation sites is 2. The summed E-state index contributed by atoms with van der Waals surface area (Å²) in [4.78, 5) is 40.0. The molecule has 1 N–H and O–H groups in total. The number of benzene rings is 2. The fourth-order valence-corrected chi connectivity index (χ4v) is 5.20. The third-order valence-electron chi connectivity index (χ3n) is 6.87. The normalized spacial score (nSPS) is 18.7. The Balaban J connectivity index is 1.72. The van der Waals surface area contributed by atoms with Gasteiger partial charge in [-0.2, -0.15) is 0 Å². The van der Waals surface area contributed by atoms with Gasteiger partial charge in [-0.15, -0.1) is 0 Å². The zero-order valence-electron chi connectivity index (χ0n) is 21.3. The first kappa shape index (κ1) is 24.5. The lowest BCUT2D eigenvalue weighted by Crippen LogP contribution is -2.41. The van der Waals surface area contributed by atoms with Gasteiger partial charge in [0.2, 0.25) is 5.91 Å². The number of nitro groups is 1. The summed E-state index contributed by atoms with van der Waals surface area (Å²) in [6, 6.07) is 16.4.